The molecule has 1 saturated heterocycles. The zero-order valence-electron chi connectivity index (χ0n) is 19.5. The monoisotopic (exact) mass is 473 g/mol. The fourth-order valence-electron chi connectivity index (χ4n) is 5.47. The van der Waals surface area contributed by atoms with Gasteiger partial charge in [-0.05, 0) is 55.5 Å². The fraction of sp³-hybridized carbons (Fsp3) is 0.440. The average molecular weight is 474 g/mol. The number of nitrogens with one attached hydrogen (secondary N) is 2. The number of amides is 3. The molecule has 34 heavy (non-hydrogen) atoms. The molecule has 0 spiro atoms. The van der Waals surface area contributed by atoms with Gasteiger partial charge in [0.25, 0.3) is 0 Å². The van der Waals surface area contributed by atoms with E-state index in [0.29, 0.717) is 30.9 Å². The first kappa shape index (κ1) is 23.8. The van der Waals surface area contributed by atoms with E-state index in [1.54, 1.807) is 21.1 Å². The number of urea groups is 1. The van der Waals surface area contributed by atoms with Gasteiger partial charge in [0.05, 0.1) is 14.2 Å². The van der Waals surface area contributed by atoms with Crippen LogP contribution in [0.5, 0.6) is 11.5 Å². The third kappa shape index (κ3) is 4.38. The molecule has 9 heteroatoms. The van der Waals surface area contributed by atoms with Gasteiger partial charge < -0.3 is 25.0 Å². The molecule has 1 aliphatic heterocycles. The van der Waals surface area contributed by atoms with Gasteiger partial charge in [-0.2, -0.15) is 0 Å². The van der Waals surface area contributed by atoms with Crippen molar-refractivity contribution in [1.82, 2.24) is 10.2 Å². The molecule has 182 valence electrons. The largest absolute Gasteiger partial charge is 0.493 e. The highest BCUT2D eigenvalue weighted by molar-refractivity contribution is 5.89. The molecule has 2 aromatic rings. The molecule has 3 amide bonds. The number of likely N-dealkylation sites (tertiary alicyclic amines) is 1. The molecule has 2 N–H and O–H groups in total. The van der Waals surface area contributed by atoms with E-state index in [9.17, 15) is 18.4 Å². The van der Waals surface area contributed by atoms with Crippen LogP contribution in [0.15, 0.2) is 36.4 Å². The zero-order valence-corrected chi connectivity index (χ0v) is 19.5. The summed E-state index contributed by atoms with van der Waals surface area (Å²) in [5.74, 6) is -0.724. The lowest BCUT2D eigenvalue weighted by molar-refractivity contribution is -0.130. The summed E-state index contributed by atoms with van der Waals surface area (Å²) in [5.41, 5.74) is 1.00. The van der Waals surface area contributed by atoms with E-state index in [1.807, 2.05) is 23.1 Å². The SMILES string of the molecule is COc1ccc([C@@]23CC[C@@H](NC(=O)Nc4ccc(F)c(F)c4)C[C@@H]2N(C(C)=O)CC3)cc1OC. The van der Waals surface area contributed by atoms with Crippen molar-refractivity contribution < 1.29 is 27.8 Å². The van der Waals surface area contributed by atoms with Crippen LogP contribution < -0.4 is 20.1 Å². The van der Waals surface area contributed by atoms with Crippen LogP contribution in [0.4, 0.5) is 19.3 Å². The minimum absolute atomic E-state index is 0.000703. The van der Waals surface area contributed by atoms with Gasteiger partial charge in [-0.25, -0.2) is 13.6 Å². The summed E-state index contributed by atoms with van der Waals surface area (Å²) in [4.78, 5) is 26.9. The second-order valence-electron chi connectivity index (χ2n) is 8.90. The number of anilines is 1. The Balaban J connectivity index is 1.53. The van der Waals surface area contributed by atoms with Gasteiger partial charge in [0.15, 0.2) is 23.1 Å². The Morgan fingerprint density at radius 2 is 1.79 bits per heavy atom. The lowest BCUT2D eigenvalue weighted by atomic mass is 9.65. The van der Waals surface area contributed by atoms with Crippen LogP contribution >= 0.6 is 0 Å². The zero-order chi connectivity index (χ0) is 24.5. The van der Waals surface area contributed by atoms with Crippen LogP contribution in [0, 0.1) is 11.6 Å². The second-order valence-corrected chi connectivity index (χ2v) is 8.90. The standard InChI is InChI=1S/C25H29F2N3O4/c1-15(31)30-11-10-25(16-4-7-21(33-2)22(12-16)34-3)9-8-18(14-23(25)30)29-24(32)28-17-5-6-19(26)20(27)13-17/h4-7,12-13,18,23H,8-11,14H2,1-3H3,(H2,28,29,32)/t18-,23+,25+/m1/s1. The Hall–Kier alpha value is -3.36. The molecule has 3 atom stereocenters. The highest BCUT2D eigenvalue weighted by atomic mass is 19.2. The minimum atomic E-state index is -1.03. The molecule has 1 heterocycles. The van der Waals surface area contributed by atoms with Gasteiger partial charge in [-0.1, -0.05) is 6.07 Å². The van der Waals surface area contributed by atoms with Crippen molar-refractivity contribution in [2.24, 2.45) is 0 Å². The number of hydrogen-bond donors (Lipinski definition) is 2. The number of carbonyl (C=O) groups excluding carboxylic acids is 2. The Bertz CT molecular complexity index is 1100. The molecule has 0 radical (unpaired) electrons. The van der Waals surface area contributed by atoms with E-state index in [1.165, 1.54) is 6.07 Å². The summed E-state index contributed by atoms with van der Waals surface area (Å²) in [6, 6.07) is 8.33. The third-order valence-corrected chi connectivity index (χ3v) is 7.14. The Morgan fingerprint density at radius 1 is 1.03 bits per heavy atom. The van der Waals surface area contributed by atoms with Gasteiger partial charge >= 0.3 is 6.03 Å². The highest BCUT2D eigenvalue weighted by Crippen LogP contribution is 2.50. The number of methoxy groups -OCH3 is 2. The lowest BCUT2D eigenvalue weighted by Gasteiger charge is -2.45. The van der Waals surface area contributed by atoms with Crippen molar-refractivity contribution in [2.45, 2.75) is 50.1 Å². The molecule has 0 unspecified atom stereocenters. The molecule has 2 aliphatic rings. The minimum Gasteiger partial charge on any atom is -0.493 e. The van der Waals surface area contributed by atoms with Crippen molar-refractivity contribution in [3.8, 4) is 11.5 Å². The van der Waals surface area contributed by atoms with Gasteiger partial charge in [0, 0.05) is 42.7 Å². The maximum absolute atomic E-state index is 13.5. The number of hydrogen-bond acceptors (Lipinski definition) is 4. The summed E-state index contributed by atoms with van der Waals surface area (Å²) < 4.78 is 37.5. The first-order valence-electron chi connectivity index (χ1n) is 11.3. The van der Waals surface area contributed by atoms with Crippen molar-refractivity contribution in [2.75, 3.05) is 26.1 Å². The predicted molar refractivity (Wildman–Crippen MR) is 123 cm³/mol. The van der Waals surface area contributed by atoms with E-state index in [0.717, 1.165) is 30.5 Å². The second kappa shape index (κ2) is 9.48. The molecule has 0 bridgehead atoms. The smallest absolute Gasteiger partial charge is 0.319 e. The Kier molecular flexibility index (Phi) is 6.63. The summed E-state index contributed by atoms with van der Waals surface area (Å²) in [5, 5.41) is 5.49. The van der Waals surface area contributed by atoms with Crippen LogP contribution in [0.25, 0.3) is 0 Å². The fourth-order valence-corrected chi connectivity index (χ4v) is 5.47. The van der Waals surface area contributed by atoms with Crippen molar-refractivity contribution >= 4 is 17.6 Å². The van der Waals surface area contributed by atoms with Crippen LogP contribution in [-0.4, -0.2) is 49.7 Å². The molecule has 2 fully saturated rings. The highest BCUT2D eigenvalue weighted by Gasteiger charge is 2.52. The van der Waals surface area contributed by atoms with Crippen LogP contribution in [0.2, 0.25) is 0 Å². The van der Waals surface area contributed by atoms with Gasteiger partial charge in [0.1, 0.15) is 0 Å². The number of carbonyl (C=O) groups is 2. The predicted octanol–water partition coefficient (Wildman–Crippen LogP) is 4.21. The number of benzene rings is 2. The van der Waals surface area contributed by atoms with Crippen LogP contribution in [0.1, 0.15) is 38.2 Å². The molecular weight excluding hydrogens is 444 g/mol. The van der Waals surface area contributed by atoms with E-state index in [4.69, 9.17) is 9.47 Å². The summed E-state index contributed by atoms with van der Waals surface area (Å²) in [6.07, 6.45) is 2.88. The molecule has 0 aromatic heterocycles. The molecule has 4 rings (SSSR count). The van der Waals surface area contributed by atoms with Crippen molar-refractivity contribution in [3.63, 3.8) is 0 Å². The number of nitrogens with zero attached hydrogens (tertiary/aromatic N) is 1. The molecule has 1 aliphatic carbocycles. The Labute approximate surface area is 197 Å². The summed E-state index contributed by atoms with van der Waals surface area (Å²) in [6.45, 7) is 2.21. The number of rotatable bonds is 5. The molecule has 7 nitrogen and oxygen atoms in total. The van der Waals surface area contributed by atoms with Crippen molar-refractivity contribution in [3.05, 3.63) is 53.6 Å². The van der Waals surface area contributed by atoms with E-state index in [2.05, 4.69) is 10.6 Å². The van der Waals surface area contributed by atoms with Gasteiger partial charge in [-0.3, -0.25) is 4.79 Å². The summed E-state index contributed by atoms with van der Waals surface area (Å²) in [7, 11) is 3.19. The lowest BCUT2D eigenvalue weighted by Crippen LogP contribution is -2.53. The van der Waals surface area contributed by atoms with E-state index in [-0.39, 0.29) is 29.1 Å². The average Bonchev–Trinajstić information content (AvgIpc) is 3.21. The maximum atomic E-state index is 13.5. The Morgan fingerprint density at radius 3 is 2.47 bits per heavy atom. The third-order valence-electron chi connectivity index (χ3n) is 7.14. The van der Waals surface area contributed by atoms with Gasteiger partial charge in [0.2, 0.25) is 5.91 Å². The van der Waals surface area contributed by atoms with Crippen molar-refractivity contribution in [1.29, 1.82) is 0 Å². The molecule has 2 aromatic carbocycles. The maximum Gasteiger partial charge on any atom is 0.319 e. The quantitative estimate of drug-likeness (QED) is 0.682. The van der Waals surface area contributed by atoms with E-state index < -0.39 is 17.7 Å². The molecular formula is C25H29F2N3O4. The number of ether oxygens (including phenoxy) is 2. The van der Waals surface area contributed by atoms with Gasteiger partial charge in [-0.15, -0.1) is 0 Å². The first-order chi connectivity index (χ1) is 16.3. The number of halogens is 2. The molecule has 1 saturated carbocycles. The van der Waals surface area contributed by atoms with Crippen LogP contribution in [-0.2, 0) is 10.2 Å². The normalized spacial score (nSPS) is 23.7. The topological polar surface area (TPSA) is 79.9 Å². The van der Waals surface area contributed by atoms with E-state index >= 15 is 0 Å². The van der Waals surface area contributed by atoms with Crippen LogP contribution in [0.3, 0.4) is 0 Å². The first-order valence-corrected chi connectivity index (χ1v) is 11.3. The summed E-state index contributed by atoms with van der Waals surface area (Å²) >= 11 is 0. The number of fused-ring (bicyclic) bond motifs is 1.